The summed E-state index contributed by atoms with van der Waals surface area (Å²) in [5.74, 6) is 0.352. The molecular formula is C21H21N3O5S. The van der Waals surface area contributed by atoms with Gasteiger partial charge < -0.3 is 20.1 Å². The van der Waals surface area contributed by atoms with Gasteiger partial charge in [0, 0.05) is 22.2 Å². The van der Waals surface area contributed by atoms with Crippen LogP contribution in [0.15, 0.2) is 29.6 Å². The fraction of sp³-hybridized carbons (Fsp3) is 0.381. The normalized spacial score (nSPS) is 23.2. The Kier molecular flexibility index (Phi) is 4.43. The molecular weight excluding hydrogens is 406 g/mol. The van der Waals surface area contributed by atoms with Gasteiger partial charge in [-0.1, -0.05) is 0 Å². The van der Waals surface area contributed by atoms with E-state index in [1.165, 1.54) is 0 Å². The van der Waals surface area contributed by atoms with Crippen molar-refractivity contribution >= 4 is 34.9 Å². The van der Waals surface area contributed by atoms with Crippen LogP contribution in [-0.4, -0.2) is 42.0 Å². The van der Waals surface area contributed by atoms with E-state index in [1.807, 2.05) is 11.4 Å². The molecule has 8 nitrogen and oxygen atoms in total. The fourth-order valence-corrected chi connectivity index (χ4v) is 5.35. The lowest BCUT2D eigenvalue weighted by Gasteiger charge is -2.31. The highest BCUT2D eigenvalue weighted by Gasteiger charge is 2.56. The van der Waals surface area contributed by atoms with Gasteiger partial charge in [0.05, 0.1) is 0 Å². The van der Waals surface area contributed by atoms with Crippen molar-refractivity contribution in [1.29, 1.82) is 0 Å². The summed E-state index contributed by atoms with van der Waals surface area (Å²) >= 11 is 1.59. The number of urea groups is 1. The Morgan fingerprint density at radius 2 is 2.03 bits per heavy atom. The van der Waals surface area contributed by atoms with Crippen molar-refractivity contribution < 1.29 is 23.9 Å². The highest BCUT2D eigenvalue weighted by Crippen LogP contribution is 2.42. The van der Waals surface area contributed by atoms with Crippen molar-refractivity contribution in [2.75, 3.05) is 18.5 Å². The molecule has 0 radical (unpaired) electrons. The Morgan fingerprint density at radius 3 is 2.87 bits per heavy atom. The molecule has 30 heavy (non-hydrogen) atoms. The van der Waals surface area contributed by atoms with Gasteiger partial charge in [-0.3, -0.25) is 9.59 Å². The van der Waals surface area contributed by atoms with E-state index in [9.17, 15) is 14.4 Å². The zero-order valence-corrected chi connectivity index (χ0v) is 17.2. The molecule has 1 aromatic heterocycles. The molecule has 2 N–H and O–H groups in total. The van der Waals surface area contributed by atoms with Gasteiger partial charge in [0.25, 0.3) is 5.91 Å². The number of amides is 4. The molecule has 0 bridgehead atoms. The second-order valence-corrected chi connectivity index (χ2v) is 8.65. The average Bonchev–Trinajstić information content (AvgIpc) is 3.32. The maximum atomic E-state index is 13.4. The minimum absolute atomic E-state index is 0.364. The van der Waals surface area contributed by atoms with Gasteiger partial charge in [0.1, 0.15) is 24.8 Å². The summed E-state index contributed by atoms with van der Waals surface area (Å²) < 4.78 is 11.0. The van der Waals surface area contributed by atoms with E-state index in [-0.39, 0.29) is 5.91 Å². The summed E-state index contributed by atoms with van der Waals surface area (Å²) in [6.07, 6.45) is 2.25. The van der Waals surface area contributed by atoms with Gasteiger partial charge >= 0.3 is 6.03 Å². The summed E-state index contributed by atoms with van der Waals surface area (Å²) in [5, 5.41) is 7.59. The molecule has 1 aliphatic carbocycles. The summed E-state index contributed by atoms with van der Waals surface area (Å²) in [5.41, 5.74) is 0.311. The summed E-state index contributed by atoms with van der Waals surface area (Å²) in [6.45, 7) is 2.48. The van der Waals surface area contributed by atoms with Crippen LogP contribution in [0, 0.1) is 0 Å². The number of nitrogens with one attached hydrogen (secondary N) is 2. The third-order valence-corrected chi connectivity index (χ3v) is 6.84. The van der Waals surface area contributed by atoms with Crippen molar-refractivity contribution in [2.24, 2.45) is 0 Å². The zero-order valence-electron chi connectivity index (χ0n) is 16.4. The smallest absolute Gasteiger partial charge is 0.326 e. The first-order valence-electron chi connectivity index (χ1n) is 9.93. The topological polar surface area (TPSA) is 97.0 Å². The molecule has 2 aliphatic heterocycles. The lowest BCUT2D eigenvalue weighted by molar-refractivity contribution is -0.137. The molecule has 3 aliphatic rings. The number of ether oxygens (including phenoxy) is 2. The van der Waals surface area contributed by atoms with Gasteiger partial charge in [-0.15, -0.1) is 11.3 Å². The molecule has 2 atom stereocenters. The average molecular weight is 427 g/mol. The SMILES string of the molecule is C[C@H](C(=O)Nc1ccc2c(c1)OCCO2)N1C(=O)N[C@]2(CCCc3sccc32)C1=O. The molecule has 5 rings (SSSR count). The lowest BCUT2D eigenvalue weighted by Crippen LogP contribution is -2.49. The Balaban J connectivity index is 1.36. The molecule has 1 fully saturated rings. The number of carbonyl (C=O) groups is 3. The maximum Gasteiger partial charge on any atom is 0.326 e. The van der Waals surface area contributed by atoms with Crippen LogP contribution in [0.3, 0.4) is 0 Å². The molecule has 9 heteroatoms. The third kappa shape index (κ3) is 2.84. The van der Waals surface area contributed by atoms with E-state index < -0.39 is 23.5 Å². The van der Waals surface area contributed by atoms with E-state index in [1.54, 1.807) is 36.5 Å². The summed E-state index contributed by atoms with van der Waals surface area (Å²) in [4.78, 5) is 41.2. The zero-order chi connectivity index (χ0) is 20.9. The van der Waals surface area contributed by atoms with Crippen molar-refractivity contribution in [3.63, 3.8) is 0 Å². The van der Waals surface area contributed by atoms with Gasteiger partial charge in [-0.2, -0.15) is 0 Å². The molecule has 0 saturated carbocycles. The highest BCUT2D eigenvalue weighted by molar-refractivity contribution is 7.10. The first-order valence-corrected chi connectivity index (χ1v) is 10.8. The molecule has 156 valence electrons. The maximum absolute atomic E-state index is 13.4. The van der Waals surface area contributed by atoms with Crippen LogP contribution in [0.25, 0.3) is 0 Å². The molecule has 4 amide bonds. The predicted molar refractivity (Wildman–Crippen MR) is 110 cm³/mol. The van der Waals surface area contributed by atoms with E-state index in [2.05, 4.69) is 10.6 Å². The van der Waals surface area contributed by atoms with Crippen LogP contribution in [0.1, 0.15) is 30.2 Å². The number of nitrogens with zero attached hydrogens (tertiary/aromatic N) is 1. The van der Waals surface area contributed by atoms with Crippen LogP contribution in [0.2, 0.25) is 0 Å². The summed E-state index contributed by atoms with van der Waals surface area (Å²) in [7, 11) is 0. The second kappa shape index (κ2) is 7.02. The molecule has 1 aromatic carbocycles. The van der Waals surface area contributed by atoms with E-state index in [0.29, 0.717) is 36.8 Å². The lowest BCUT2D eigenvalue weighted by atomic mass is 9.80. The summed E-state index contributed by atoms with van der Waals surface area (Å²) in [6, 6.07) is 5.49. The molecule has 2 aromatic rings. The monoisotopic (exact) mass is 427 g/mol. The Morgan fingerprint density at radius 1 is 1.23 bits per heavy atom. The van der Waals surface area contributed by atoms with Crippen LogP contribution in [-0.2, 0) is 21.5 Å². The number of aryl methyl sites for hydroxylation is 1. The number of hydrogen-bond donors (Lipinski definition) is 2. The number of hydrogen-bond acceptors (Lipinski definition) is 6. The van der Waals surface area contributed by atoms with Crippen LogP contribution >= 0.6 is 11.3 Å². The van der Waals surface area contributed by atoms with Crippen LogP contribution < -0.4 is 20.1 Å². The van der Waals surface area contributed by atoms with E-state index in [4.69, 9.17) is 9.47 Å². The van der Waals surface area contributed by atoms with Gasteiger partial charge in [0.15, 0.2) is 11.5 Å². The Labute approximate surface area is 177 Å². The standard InChI is InChI=1S/C21H21N3O5S/c1-12(18(25)22-13-4-5-15-16(11-13)29-9-8-28-15)24-19(26)21(23-20(24)27)7-2-3-17-14(21)6-10-30-17/h4-6,10-12H,2-3,7-9H2,1H3,(H,22,25)(H,23,27)/t12-,21+/m1/s1. The van der Waals surface area contributed by atoms with Crippen molar-refractivity contribution in [3.05, 3.63) is 40.1 Å². The van der Waals surface area contributed by atoms with Crippen LogP contribution in [0.4, 0.5) is 10.5 Å². The Hall–Kier alpha value is -3.07. The molecule has 1 spiro atoms. The number of carbonyl (C=O) groups excluding carboxylic acids is 3. The second-order valence-electron chi connectivity index (χ2n) is 7.65. The van der Waals surface area contributed by atoms with Crippen molar-refractivity contribution in [3.8, 4) is 11.5 Å². The van der Waals surface area contributed by atoms with E-state index in [0.717, 1.165) is 28.2 Å². The Bertz CT molecular complexity index is 1050. The first kappa shape index (κ1) is 18.9. The minimum Gasteiger partial charge on any atom is -0.486 e. The quantitative estimate of drug-likeness (QED) is 0.734. The van der Waals surface area contributed by atoms with Crippen molar-refractivity contribution in [1.82, 2.24) is 10.2 Å². The number of benzene rings is 1. The van der Waals surface area contributed by atoms with Gasteiger partial charge in [-0.25, -0.2) is 9.69 Å². The largest absolute Gasteiger partial charge is 0.486 e. The predicted octanol–water partition coefficient (Wildman–Crippen LogP) is 2.63. The van der Waals surface area contributed by atoms with E-state index >= 15 is 0 Å². The first-order chi connectivity index (χ1) is 14.5. The number of rotatable bonds is 3. The minimum atomic E-state index is -1.06. The molecule has 1 saturated heterocycles. The number of imide groups is 1. The van der Waals surface area contributed by atoms with Crippen LogP contribution in [0.5, 0.6) is 11.5 Å². The number of thiophene rings is 1. The van der Waals surface area contributed by atoms with Gasteiger partial charge in [0.2, 0.25) is 5.91 Å². The molecule has 0 unspecified atom stereocenters. The molecule has 3 heterocycles. The van der Waals surface area contributed by atoms with Crippen molar-refractivity contribution in [2.45, 2.75) is 37.8 Å². The third-order valence-electron chi connectivity index (χ3n) is 5.86. The number of fused-ring (bicyclic) bond motifs is 3. The highest BCUT2D eigenvalue weighted by atomic mass is 32.1. The number of anilines is 1. The van der Waals surface area contributed by atoms with Gasteiger partial charge in [-0.05, 0) is 49.8 Å². The fourth-order valence-electron chi connectivity index (χ4n) is 4.35.